The van der Waals surface area contributed by atoms with Gasteiger partial charge < -0.3 is 47.8 Å². The molecule has 14 nitrogen and oxygen atoms in total. The van der Waals surface area contributed by atoms with Gasteiger partial charge in [-0.15, -0.1) is 0 Å². The number of carboxylic acid groups (broad SMARTS) is 2. The van der Waals surface area contributed by atoms with Gasteiger partial charge in [0.25, 0.3) is 0 Å². The summed E-state index contributed by atoms with van der Waals surface area (Å²) in [5, 5.41) is 43.8. The van der Waals surface area contributed by atoms with Gasteiger partial charge in [0.1, 0.15) is 24.2 Å². The average molecular weight is 463 g/mol. The minimum Gasteiger partial charge on any atom is -0.481 e. The molecule has 0 saturated carbocycles. The smallest absolute Gasteiger partial charge is 0.326 e. The van der Waals surface area contributed by atoms with E-state index in [9.17, 15) is 34.2 Å². The number of hydrogen-bond acceptors (Lipinski definition) is 9. The molecule has 0 aliphatic heterocycles. The molecular formula is C18H33N5O9. The van der Waals surface area contributed by atoms with Gasteiger partial charge in [-0.3, -0.25) is 19.2 Å². The van der Waals surface area contributed by atoms with Crippen molar-refractivity contribution in [3.63, 3.8) is 0 Å². The zero-order chi connectivity index (χ0) is 25.0. The lowest BCUT2D eigenvalue weighted by Crippen LogP contribution is -2.60. The Labute approximate surface area is 184 Å². The van der Waals surface area contributed by atoms with Crippen LogP contribution >= 0.6 is 0 Å². The van der Waals surface area contributed by atoms with Crippen LogP contribution in [0.4, 0.5) is 0 Å². The summed E-state index contributed by atoms with van der Waals surface area (Å²) in [4.78, 5) is 59.3. The van der Waals surface area contributed by atoms with Crippen molar-refractivity contribution in [3.05, 3.63) is 0 Å². The zero-order valence-electron chi connectivity index (χ0n) is 18.0. The molecule has 0 fully saturated rings. The van der Waals surface area contributed by atoms with Crippen LogP contribution in [0.3, 0.4) is 0 Å². The number of nitrogens with one attached hydrogen (secondary N) is 3. The molecule has 14 heteroatoms. The molecule has 0 spiro atoms. The maximum Gasteiger partial charge on any atom is 0.326 e. The number of aliphatic hydroxyl groups excluding tert-OH is 2. The van der Waals surface area contributed by atoms with E-state index in [0.717, 1.165) is 0 Å². The first-order valence-electron chi connectivity index (χ1n) is 9.99. The highest BCUT2D eigenvalue weighted by Gasteiger charge is 2.33. The van der Waals surface area contributed by atoms with Crippen LogP contribution < -0.4 is 27.4 Å². The molecule has 0 radical (unpaired) electrons. The highest BCUT2D eigenvalue weighted by molar-refractivity contribution is 5.95. The Morgan fingerprint density at radius 1 is 0.812 bits per heavy atom. The molecule has 0 aromatic rings. The first-order chi connectivity index (χ1) is 14.8. The fourth-order valence-electron chi connectivity index (χ4n) is 2.54. The van der Waals surface area contributed by atoms with E-state index in [4.69, 9.17) is 21.7 Å². The van der Waals surface area contributed by atoms with Crippen molar-refractivity contribution in [2.75, 3.05) is 6.54 Å². The molecule has 0 heterocycles. The van der Waals surface area contributed by atoms with Gasteiger partial charge in [0, 0.05) is 0 Å². The lowest BCUT2D eigenvalue weighted by molar-refractivity contribution is -0.147. The SMILES string of the molecule is CC(O)C(N)C(=O)NC(C(=O)NC(CCCCN)C(=O)NC(CC(=O)O)C(=O)O)C(C)O. The summed E-state index contributed by atoms with van der Waals surface area (Å²) in [5.74, 6) is -5.87. The third-order valence-electron chi connectivity index (χ3n) is 4.46. The molecule has 0 aliphatic rings. The molecule has 184 valence electrons. The fraction of sp³-hybridized carbons (Fsp3) is 0.722. The molecule has 0 rings (SSSR count). The maximum atomic E-state index is 12.7. The van der Waals surface area contributed by atoms with Crippen molar-refractivity contribution < 1.29 is 44.4 Å². The average Bonchev–Trinajstić information content (AvgIpc) is 2.68. The number of aliphatic carboxylic acids is 2. The Bertz CT molecular complexity index is 671. The van der Waals surface area contributed by atoms with E-state index in [1.165, 1.54) is 13.8 Å². The van der Waals surface area contributed by atoms with Gasteiger partial charge in [0.2, 0.25) is 17.7 Å². The first kappa shape index (κ1) is 29.2. The normalized spacial score (nSPS) is 16.6. The third-order valence-corrected chi connectivity index (χ3v) is 4.46. The summed E-state index contributed by atoms with van der Waals surface area (Å²) >= 11 is 0. The van der Waals surface area contributed by atoms with Crippen LogP contribution in [0, 0.1) is 0 Å². The molecule has 0 aromatic carbocycles. The van der Waals surface area contributed by atoms with Crippen molar-refractivity contribution >= 4 is 29.7 Å². The van der Waals surface area contributed by atoms with E-state index >= 15 is 0 Å². The molecular weight excluding hydrogens is 430 g/mol. The monoisotopic (exact) mass is 463 g/mol. The summed E-state index contributed by atoms with van der Waals surface area (Å²) in [6.07, 6.45) is -2.65. The van der Waals surface area contributed by atoms with E-state index in [1.54, 1.807) is 0 Å². The maximum absolute atomic E-state index is 12.7. The van der Waals surface area contributed by atoms with Gasteiger partial charge >= 0.3 is 11.9 Å². The van der Waals surface area contributed by atoms with Crippen molar-refractivity contribution in [2.24, 2.45) is 11.5 Å². The van der Waals surface area contributed by atoms with Gasteiger partial charge in [-0.25, -0.2) is 4.79 Å². The molecule has 6 unspecified atom stereocenters. The second kappa shape index (κ2) is 14.3. The van der Waals surface area contributed by atoms with Gasteiger partial charge in [0.15, 0.2) is 0 Å². The fourth-order valence-corrected chi connectivity index (χ4v) is 2.54. The summed E-state index contributed by atoms with van der Waals surface area (Å²) in [6, 6.07) is -5.94. The minimum atomic E-state index is -1.73. The number of carboxylic acids is 2. The number of carbonyl (C=O) groups is 5. The highest BCUT2D eigenvalue weighted by Crippen LogP contribution is 2.05. The predicted octanol–water partition coefficient (Wildman–Crippen LogP) is -3.78. The van der Waals surface area contributed by atoms with Crippen LogP contribution in [-0.4, -0.2) is 93.0 Å². The number of hydrogen-bond donors (Lipinski definition) is 9. The number of rotatable bonds is 15. The Hall–Kier alpha value is -2.81. The largest absolute Gasteiger partial charge is 0.481 e. The van der Waals surface area contributed by atoms with Gasteiger partial charge in [-0.1, -0.05) is 0 Å². The van der Waals surface area contributed by atoms with Crippen LogP contribution in [-0.2, 0) is 24.0 Å². The van der Waals surface area contributed by atoms with Crippen molar-refractivity contribution in [3.8, 4) is 0 Å². The topological polar surface area (TPSA) is 254 Å². The Morgan fingerprint density at radius 2 is 1.38 bits per heavy atom. The van der Waals surface area contributed by atoms with Gasteiger partial charge in [-0.2, -0.15) is 0 Å². The summed E-state index contributed by atoms with van der Waals surface area (Å²) in [6.45, 7) is 2.76. The van der Waals surface area contributed by atoms with Gasteiger partial charge in [0.05, 0.1) is 18.6 Å². The molecule has 3 amide bonds. The zero-order valence-corrected chi connectivity index (χ0v) is 18.0. The van der Waals surface area contributed by atoms with Crippen LogP contribution in [0.1, 0.15) is 39.5 Å². The molecule has 0 saturated heterocycles. The molecule has 6 atom stereocenters. The number of amides is 3. The van der Waals surface area contributed by atoms with E-state index in [0.29, 0.717) is 19.4 Å². The second-order valence-corrected chi connectivity index (χ2v) is 7.34. The standard InChI is InChI=1S/C18H33N5O9/c1-8(24)13(20)16(29)23-14(9(2)25)17(30)21-10(5-3-4-6-19)15(28)22-11(18(31)32)7-12(26)27/h8-11,13-14,24-25H,3-7,19-20H2,1-2H3,(H,21,30)(H,22,28)(H,23,29)(H,26,27)(H,31,32). The summed E-state index contributed by atoms with van der Waals surface area (Å²) in [7, 11) is 0. The van der Waals surface area contributed by atoms with Crippen molar-refractivity contribution in [2.45, 2.75) is 75.9 Å². The highest BCUT2D eigenvalue weighted by atomic mass is 16.4. The molecule has 0 bridgehead atoms. The van der Waals surface area contributed by atoms with Crippen molar-refractivity contribution in [1.82, 2.24) is 16.0 Å². The number of unbranched alkanes of at least 4 members (excludes halogenated alkanes) is 1. The first-order valence-corrected chi connectivity index (χ1v) is 9.99. The van der Waals surface area contributed by atoms with Crippen LogP contribution in [0.15, 0.2) is 0 Å². The lowest BCUT2D eigenvalue weighted by Gasteiger charge is -2.26. The van der Waals surface area contributed by atoms with Crippen LogP contribution in [0.2, 0.25) is 0 Å². The summed E-state index contributed by atoms with van der Waals surface area (Å²) in [5.41, 5.74) is 10.9. The van der Waals surface area contributed by atoms with Crippen LogP contribution in [0.5, 0.6) is 0 Å². The predicted molar refractivity (Wildman–Crippen MR) is 110 cm³/mol. The second-order valence-electron chi connectivity index (χ2n) is 7.34. The lowest BCUT2D eigenvalue weighted by atomic mass is 10.0. The van der Waals surface area contributed by atoms with E-state index in [-0.39, 0.29) is 6.42 Å². The number of aliphatic hydroxyl groups is 2. The number of carbonyl (C=O) groups excluding carboxylic acids is 3. The van der Waals surface area contributed by atoms with Gasteiger partial charge in [-0.05, 0) is 39.7 Å². The van der Waals surface area contributed by atoms with E-state index in [2.05, 4.69) is 16.0 Å². The van der Waals surface area contributed by atoms with Crippen LogP contribution in [0.25, 0.3) is 0 Å². The Balaban J connectivity index is 5.47. The van der Waals surface area contributed by atoms with E-state index in [1.807, 2.05) is 0 Å². The molecule has 0 aliphatic carbocycles. The molecule has 0 aromatic heterocycles. The molecule has 11 N–H and O–H groups in total. The Kier molecular flexibility index (Phi) is 13.0. The van der Waals surface area contributed by atoms with E-state index < -0.39 is 72.5 Å². The van der Waals surface area contributed by atoms with Crippen molar-refractivity contribution in [1.29, 1.82) is 0 Å². The minimum absolute atomic E-state index is 0.0296. The summed E-state index contributed by atoms with van der Waals surface area (Å²) < 4.78 is 0. The quantitative estimate of drug-likeness (QED) is 0.106. The Morgan fingerprint density at radius 3 is 1.81 bits per heavy atom. The number of nitrogens with two attached hydrogens (primary N) is 2. The third kappa shape index (κ3) is 10.5. The molecule has 32 heavy (non-hydrogen) atoms.